The van der Waals surface area contributed by atoms with Crippen LogP contribution in [0.2, 0.25) is 5.02 Å². The van der Waals surface area contributed by atoms with Gasteiger partial charge in [-0.2, -0.15) is 0 Å². The third kappa shape index (κ3) is 2.93. The second kappa shape index (κ2) is 5.51. The van der Waals surface area contributed by atoms with Gasteiger partial charge in [0.15, 0.2) is 0 Å². The molecule has 0 bridgehead atoms. The van der Waals surface area contributed by atoms with E-state index in [1.165, 1.54) is 0 Å². The van der Waals surface area contributed by atoms with Crippen LogP contribution in [0.25, 0.3) is 0 Å². The van der Waals surface area contributed by atoms with Crippen LogP contribution in [-0.2, 0) is 10.2 Å². The van der Waals surface area contributed by atoms with E-state index in [1.54, 1.807) is 0 Å². The molecule has 1 N–H and O–H groups in total. The maximum Gasteiger partial charge on any atom is 0.232 e. The molecule has 0 saturated carbocycles. The Balaban J connectivity index is 2.20. The van der Waals surface area contributed by atoms with Crippen molar-refractivity contribution in [3.63, 3.8) is 0 Å². The summed E-state index contributed by atoms with van der Waals surface area (Å²) in [7, 11) is 1.90. The number of amides is 1. The molecule has 104 valence electrons. The second-order valence-electron chi connectivity index (χ2n) is 5.70. The molecule has 0 spiro atoms. The molecule has 1 aromatic rings. The molecule has 0 aliphatic carbocycles. The lowest BCUT2D eigenvalue weighted by Crippen LogP contribution is -2.47. The second-order valence-corrected chi connectivity index (χ2v) is 6.13. The van der Waals surface area contributed by atoms with Gasteiger partial charge in [-0.25, -0.2) is 0 Å². The van der Waals surface area contributed by atoms with Gasteiger partial charge in [0, 0.05) is 24.7 Å². The summed E-state index contributed by atoms with van der Waals surface area (Å²) in [4.78, 5) is 14.6. The molecule has 0 radical (unpaired) electrons. The Morgan fingerprint density at radius 2 is 2.21 bits per heavy atom. The highest BCUT2D eigenvalue weighted by Crippen LogP contribution is 2.28. The monoisotopic (exact) mass is 280 g/mol. The molecular formula is C15H21ClN2O. The molecule has 19 heavy (non-hydrogen) atoms. The van der Waals surface area contributed by atoms with Gasteiger partial charge >= 0.3 is 0 Å². The Morgan fingerprint density at radius 3 is 2.79 bits per heavy atom. The van der Waals surface area contributed by atoms with E-state index in [0.29, 0.717) is 11.1 Å². The minimum atomic E-state index is -0.553. The number of likely N-dealkylation sites (N-methyl/N-ethyl adjacent to an activating group) is 1. The number of carbonyl (C=O) groups is 1. The zero-order valence-corrected chi connectivity index (χ0v) is 12.5. The number of halogens is 1. The van der Waals surface area contributed by atoms with Crippen molar-refractivity contribution < 1.29 is 4.79 Å². The molecular weight excluding hydrogens is 260 g/mol. The highest BCUT2D eigenvalue weighted by molar-refractivity contribution is 6.30. The minimum absolute atomic E-state index is 0.142. The zero-order valence-electron chi connectivity index (χ0n) is 11.7. The van der Waals surface area contributed by atoms with Crippen molar-refractivity contribution in [3.8, 4) is 0 Å². The quantitative estimate of drug-likeness (QED) is 0.922. The first-order valence-corrected chi connectivity index (χ1v) is 7.05. The van der Waals surface area contributed by atoms with E-state index in [0.717, 1.165) is 25.1 Å². The highest BCUT2D eigenvalue weighted by atomic mass is 35.5. The van der Waals surface area contributed by atoms with E-state index < -0.39 is 5.41 Å². The van der Waals surface area contributed by atoms with E-state index in [1.807, 2.05) is 50.1 Å². The number of hydrogen-bond donors (Lipinski definition) is 1. The molecule has 3 nitrogen and oxygen atoms in total. The lowest BCUT2D eigenvalue weighted by Gasteiger charge is -2.33. The number of benzene rings is 1. The summed E-state index contributed by atoms with van der Waals surface area (Å²) in [5.41, 5.74) is 0.408. The van der Waals surface area contributed by atoms with Crippen molar-refractivity contribution in [1.82, 2.24) is 10.2 Å². The van der Waals surface area contributed by atoms with Gasteiger partial charge in [0.2, 0.25) is 5.91 Å². The summed E-state index contributed by atoms with van der Waals surface area (Å²) in [6.45, 7) is 5.79. The smallest absolute Gasteiger partial charge is 0.232 e. The van der Waals surface area contributed by atoms with Gasteiger partial charge in [-0.1, -0.05) is 23.7 Å². The highest BCUT2D eigenvalue weighted by Gasteiger charge is 2.35. The number of rotatable bonds is 3. The molecule has 1 aromatic carbocycles. The number of nitrogens with zero attached hydrogens (tertiary/aromatic N) is 1. The largest absolute Gasteiger partial charge is 0.341 e. The molecule has 1 aliphatic rings. The Labute approximate surface area is 119 Å². The average molecular weight is 281 g/mol. The zero-order chi connectivity index (χ0) is 14.0. The van der Waals surface area contributed by atoms with Crippen molar-refractivity contribution in [2.75, 3.05) is 20.1 Å². The summed E-state index contributed by atoms with van der Waals surface area (Å²) in [5, 5.41) is 3.96. The lowest BCUT2D eigenvalue weighted by molar-refractivity contribution is -0.136. The average Bonchev–Trinajstić information content (AvgIpc) is 2.90. The van der Waals surface area contributed by atoms with Crippen molar-refractivity contribution in [2.45, 2.75) is 31.7 Å². The van der Waals surface area contributed by atoms with Gasteiger partial charge in [-0.3, -0.25) is 4.79 Å². The molecule has 1 fully saturated rings. The third-order valence-electron chi connectivity index (χ3n) is 3.98. The fourth-order valence-corrected chi connectivity index (χ4v) is 2.77. The maximum atomic E-state index is 12.7. The standard InChI is InChI=1S/C15H21ClN2O/c1-15(2,11-5-4-6-12(16)9-11)14(19)18(3)13-7-8-17-10-13/h4-6,9,13,17H,7-8,10H2,1-3H3. The van der Waals surface area contributed by atoms with Crippen molar-refractivity contribution >= 4 is 17.5 Å². The maximum absolute atomic E-state index is 12.7. The van der Waals surface area contributed by atoms with Gasteiger partial charge < -0.3 is 10.2 Å². The van der Waals surface area contributed by atoms with E-state index in [-0.39, 0.29) is 5.91 Å². The molecule has 0 aromatic heterocycles. The topological polar surface area (TPSA) is 32.3 Å². The van der Waals surface area contributed by atoms with Gasteiger partial charge in [0.05, 0.1) is 5.41 Å². The van der Waals surface area contributed by atoms with Crippen LogP contribution in [0.5, 0.6) is 0 Å². The van der Waals surface area contributed by atoms with Crippen LogP contribution in [0.15, 0.2) is 24.3 Å². The number of nitrogens with one attached hydrogen (secondary N) is 1. The van der Waals surface area contributed by atoms with E-state index in [2.05, 4.69) is 5.32 Å². The summed E-state index contributed by atoms with van der Waals surface area (Å²) >= 11 is 6.03. The van der Waals surface area contributed by atoms with Crippen LogP contribution < -0.4 is 5.32 Å². The number of hydrogen-bond acceptors (Lipinski definition) is 2. The first-order valence-electron chi connectivity index (χ1n) is 6.67. The Hall–Kier alpha value is -1.06. The van der Waals surface area contributed by atoms with E-state index in [9.17, 15) is 4.79 Å². The van der Waals surface area contributed by atoms with Crippen LogP contribution in [0, 0.1) is 0 Å². The van der Waals surface area contributed by atoms with Gasteiger partial charge in [0.25, 0.3) is 0 Å². The van der Waals surface area contributed by atoms with E-state index >= 15 is 0 Å². The fourth-order valence-electron chi connectivity index (χ4n) is 2.58. The van der Waals surface area contributed by atoms with Crippen molar-refractivity contribution in [1.29, 1.82) is 0 Å². The van der Waals surface area contributed by atoms with Gasteiger partial charge in [-0.05, 0) is 44.5 Å². The SMILES string of the molecule is CN(C(=O)C(C)(C)c1cccc(Cl)c1)C1CCNC1. The normalized spacial score (nSPS) is 19.5. The molecule has 1 unspecified atom stereocenters. The third-order valence-corrected chi connectivity index (χ3v) is 4.22. The Bertz CT molecular complexity index is 467. The van der Waals surface area contributed by atoms with Crippen molar-refractivity contribution in [2.24, 2.45) is 0 Å². The Kier molecular flexibility index (Phi) is 4.16. The Morgan fingerprint density at radius 1 is 1.47 bits per heavy atom. The van der Waals surface area contributed by atoms with Crippen LogP contribution >= 0.6 is 11.6 Å². The molecule has 1 aliphatic heterocycles. The van der Waals surface area contributed by atoms with Crippen LogP contribution in [0.3, 0.4) is 0 Å². The van der Waals surface area contributed by atoms with Crippen LogP contribution in [0.1, 0.15) is 25.8 Å². The van der Waals surface area contributed by atoms with E-state index in [4.69, 9.17) is 11.6 Å². The summed E-state index contributed by atoms with van der Waals surface area (Å²) < 4.78 is 0. The molecule has 1 saturated heterocycles. The molecule has 1 amide bonds. The summed E-state index contributed by atoms with van der Waals surface area (Å²) in [6.07, 6.45) is 1.02. The van der Waals surface area contributed by atoms with Gasteiger partial charge in [0.1, 0.15) is 0 Å². The predicted molar refractivity (Wildman–Crippen MR) is 78.5 cm³/mol. The first-order chi connectivity index (χ1) is 8.93. The molecule has 1 atom stereocenters. The van der Waals surface area contributed by atoms with Gasteiger partial charge in [-0.15, -0.1) is 0 Å². The van der Waals surface area contributed by atoms with Crippen LogP contribution in [0.4, 0.5) is 0 Å². The minimum Gasteiger partial charge on any atom is -0.341 e. The van der Waals surface area contributed by atoms with Crippen LogP contribution in [-0.4, -0.2) is 37.0 Å². The fraction of sp³-hybridized carbons (Fsp3) is 0.533. The first kappa shape index (κ1) is 14.4. The molecule has 4 heteroatoms. The summed E-state index contributed by atoms with van der Waals surface area (Å²) in [5.74, 6) is 0.142. The predicted octanol–water partition coefficient (Wildman–Crippen LogP) is 2.44. The molecule has 1 heterocycles. The molecule has 2 rings (SSSR count). The number of carbonyl (C=O) groups excluding carboxylic acids is 1. The lowest BCUT2D eigenvalue weighted by atomic mass is 9.83. The van der Waals surface area contributed by atoms with Crippen molar-refractivity contribution in [3.05, 3.63) is 34.9 Å². The summed E-state index contributed by atoms with van der Waals surface area (Å²) in [6, 6.07) is 7.86.